The van der Waals surface area contributed by atoms with Gasteiger partial charge in [-0.2, -0.15) is 4.31 Å². The van der Waals surface area contributed by atoms with Gasteiger partial charge in [0.1, 0.15) is 5.75 Å². The molecule has 4 aromatic rings. The van der Waals surface area contributed by atoms with E-state index in [0.29, 0.717) is 40.6 Å². The molecule has 5 N–H and O–H groups in total. The molecule has 4 aromatic carbocycles. The van der Waals surface area contributed by atoms with Gasteiger partial charge in [-0.25, -0.2) is 8.42 Å². The number of ether oxygens (including phenoxy) is 5. The number of benzene rings is 4. The fraction of sp³-hybridized carbons (Fsp3) is 0.263. The fourth-order valence-corrected chi connectivity index (χ4v) is 7.20. The van der Waals surface area contributed by atoms with Crippen molar-refractivity contribution < 1.29 is 46.8 Å². The summed E-state index contributed by atoms with van der Waals surface area (Å²) in [5, 5.41) is 15.3. The van der Waals surface area contributed by atoms with Crippen LogP contribution in [0.2, 0.25) is 0 Å². The van der Waals surface area contributed by atoms with Gasteiger partial charge in [-0.05, 0) is 77.9 Å². The Morgan fingerprint density at radius 2 is 1.70 bits per heavy atom. The number of aliphatic hydroxyl groups excluding tert-OH is 1. The lowest BCUT2D eigenvalue weighted by molar-refractivity contribution is -0.146. The summed E-state index contributed by atoms with van der Waals surface area (Å²) >= 11 is 0. The van der Waals surface area contributed by atoms with E-state index in [0.717, 1.165) is 15.4 Å². The first-order chi connectivity index (χ1) is 25.6. The molecule has 15 heteroatoms. The average molecular weight is 745 g/mol. The second-order valence-electron chi connectivity index (χ2n) is 12.1. The first kappa shape index (κ1) is 37.2. The molecular formula is C38H40N4O10S. The molecule has 2 heterocycles. The Hall–Kier alpha value is -5.61. The van der Waals surface area contributed by atoms with Crippen LogP contribution in [0.4, 0.5) is 11.4 Å². The number of allylic oxidation sites excluding steroid dienone is 1. The molecule has 0 bridgehead atoms. The number of carbonyl (C=O) groups is 2. The van der Waals surface area contributed by atoms with E-state index in [1.165, 1.54) is 19.2 Å². The Balaban J connectivity index is 1.11. The third kappa shape index (κ3) is 9.07. The van der Waals surface area contributed by atoms with Gasteiger partial charge in [0.2, 0.25) is 23.1 Å². The van der Waals surface area contributed by atoms with Gasteiger partial charge in [0, 0.05) is 37.5 Å². The summed E-state index contributed by atoms with van der Waals surface area (Å²) in [6.45, 7) is -0.455. The van der Waals surface area contributed by atoms with Crippen molar-refractivity contribution in [2.75, 3.05) is 51.3 Å². The minimum Gasteiger partial charge on any atom is -0.497 e. The maximum atomic E-state index is 13.5. The van der Waals surface area contributed by atoms with Crippen molar-refractivity contribution in [1.82, 2.24) is 9.62 Å². The average Bonchev–Trinajstić information content (AvgIpc) is 3.66. The molecule has 0 saturated carbocycles. The lowest BCUT2D eigenvalue weighted by atomic mass is 9.92. The topological polar surface area (TPSA) is 188 Å². The predicted molar refractivity (Wildman–Crippen MR) is 195 cm³/mol. The van der Waals surface area contributed by atoms with E-state index in [-0.39, 0.29) is 55.5 Å². The Morgan fingerprint density at radius 1 is 0.943 bits per heavy atom. The zero-order valence-corrected chi connectivity index (χ0v) is 29.7. The van der Waals surface area contributed by atoms with Gasteiger partial charge < -0.3 is 45.2 Å². The molecule has 0 aromatic heterocycles. The van der Waals surface area contributed by atoms with E-state index in [9.17, 15) is 23.1 Å². The highest BCUT2D eigenvalue weighted by Crippen LogP contribution is 2.38. The molecule has 14 nitrogen and oxygen atoms in total. The van der Waals surface area contributed by atoms with Crippen molar-refractivity contribution in [3.05, 3.63) is 120 Å². The lowest BCUT2D eigenvalue weighted by Gasteiger charge is -2.30. The monoisotopic (exact) mass is 744 g/mol. The summed E-state index contributed by atoms with van der Waals surface area (Å²) in [6, 6.07) is 25.2. The van der Waals surface area contributed by atoms with Crippen LogP contribution in [0.15, 0.2) is 108 Å². The van der Waals surface area contributed by atoms with Gasteiger partial charge in [0.25, 0.3) is 11.8 Å². The largest absolute Gasteiger partial charge is 0.497 e. The van der Waals surface area contributed by atoms with Crippen LogP contribution in [0.25, 0.3) is 0 Å². The van der Waals surface area contributed by atoms with Crippen LogP contribution in [0.3, 0.4) is 0 Å². The maximum Gasteiger partial charge on any atom is 0.286 e. The van der Waals surface area contributed by atoms with Crippen LogP contribution >= 0.6 is 0 Å². The SMILES string of the molecule is COc1ccc(S(=O)(=O)N(CCO)CCO[C@H]2C[C@@H](c3ccc4c(c3)OCO4)C=C(C(=O)NCc3ccc(C(=O)Nc4ccccc4N)cc3)O2)cc1. The van der Waals surface area contributed by atoms with Crippen molar-refractivity contribution in [3.63, 3.8) is 0 Å². The zero-order valence-electron chi connectivity index (χ0n) is 28.9. The van der Waals surface area contributed by atoms with Crippen molar-refractivity contribution in [1.29, 1.82) is 0 Å². The number of nitrogens with one attached hydrogen (secondary N) is 2. The molecule has 0 spiro atoms. The normalized spacial score (nSPS) is 16.4. The van der Waals surface area contributed by atoms with Crippen molar-refractivity contribution >= 4 is 33.2 Å². The van der Waals surface area contributed by atoms with Gasteiger partial charge in [0.05, 0.1) is 36.6 Å². The van der Waals surface area contributed by atoms with Gasteiger partial charge >= 0.3 is 0 Å². The van der Waals surface area contributed by atoms with E-state index in [2.05, 4.69) is 10.6 Å². The fourth-order valence-electron chi connectivity index (χ4n) is 5.79. The van der Waals surface area contributed by atoms with Crippen molar-refractivity contribution in [2.24, 2.45) is 0 Å². The highest BCUT2D eigenvalue weighted by atomic mass is 32.2. The molecule has 0 fully saturated rings. The van der Waals surface area contributed by atoms with Gasteiger partial charge in [0.15, 0.2) is 17.3 Å². The molecule has 2 atom stereocenters. The van der Waals surface area contributed by atoms with E-state index in [1.807, 2.05) is 12.1 Å². The summed E-state index contributed by atoms with van der Waals surface area (Å²) in [7, 11) is -2.48. The third-order valence-electron chi connectivity index (χ3n) is 8.68. The number of anilines is 2. The molecule has 0 saturated heterocycles. The number of methoxy groups -OCH3 is 1. The number of nitrogens with two attached hydrogens (primary N) is 1. The van der Waals surface area contributed by atoms with Crippen LogP contribution in [0, 0.1) is 0 Å². The van der Waals surface area contributed by atoms with E-state index in [1.54, 1.807) is 72.8 Å². The summed E-state index contributed by atoms with van der Waals surface area (Å²) in [6.07, 6.45) is 1.12. The molecule has 2 aliphatic heterocycles. The number of fused-ring (bicyclic) bond motifs is 1. The Bertz CT molecular complexity index is 2060. The molecule has 53 heavy (non-hydrogen) atoms. The number of carbonyl (C=O) groups excluding carboxylic acids is 2. The number of rotatable bonds is 15. The quantitative estimate of drug-likeness (QED) is 0.129. The van der Waals surface area contributed by atoms with Crippen molar-refractivity contribution in [2.45, 2.75) is 30.1 Å². The van der Waals surface area contributed by atoms with Crippen LogP contribution in [0.5, 0.6) is 17.2 Å². The summed E-state index contributed by atoms with van der Waals surface area (Å²) in [5.41, 5.74) is 8.90. The summed E-state index contributed by atoms with van der Waals surface area (Å²) < 4.78 is 56.1. The summed E-state index contributed by atoms with van der Waals surface area (Å²) in [4.78, 5) is 26.3. The van der Waals surface area contributed by atoms with Crippen LogP contribution in [-0.2, 0) is 30.8 Å². The van der Waals surface area contributed by atoms with Gasteiger partial charge in [-0.15, -0.1) is 0 Å². The third-order valence-corrected chi connectivity index (χ3v) is 10.6. The number of amides is 2. The number of para-hydroxylation sites is 2. The first-order valence-electron chi connectivity index (χ1n) is 16.8. The molecule has 0 aliphatic carbocycles. The number of sulfonamides is 1. The highest BCUT2D eigenvalue weighted by molar-refractivity contribution is 7.89. The number of hydrogen-bond donors (Lipinski definition) is 4. The smallest absolute Gasteiger partial charge is 0.286 e. The predicted octanol–water partition coefficient (Wildman–Crippen LogP) is 3.99. The zero-order chi connectivity index (χ0) is 37.4. The Morgan fingerprint density at radius 3 is 2.43 bits per heavy atom. The van der Waals surface area contributed by atoms with Crippen LogP contribution in [-0.4, -0.2) is 76.1 Å². The van der Waals surface area contributed by atoms with Crippen LogP contribution < -0.4 is 30.6 Å². The minimum absolute atomic E-state index is 0.0263. The highest BCUT2D eigenvalue weighted by Gasteiger charge is 2.31. The number of hydrogen-bond acceptors (Lipinski definition) is 11. The Kier molecular flexibility index (Phi) is 11.8. The van der Waals surface area contributed by atoms with Gasteiger partial charge in [-0.1, -0.05) is 30.3 Å². The van der Waals surface area contributed by atoms with E-state index < -0.39 is 28.8 Å². The maximum absolute atomic E-state index is 13.5. The molecule has 2 aliphatic rings. The second kappa shape index (κ2) is 16.8. The molecular weight excluding hydrogens is 705 g/mol. The number of nitrogens with zero attached hydrogens (tertiary/aromatic N) is 1. The summed E-state index contributed by atoms with van der Waals surface area (Å²) in [5.74, 6) is 0.597. The van der Waals surface area contributed by atoms with Crippen molar-refractivity contribution in [3.8, 4) is 17.2 Å². The number of nitrogen functional groups attached to an aromatic ring is 1. The lowest BCUT2D eigenvalue weighted by Crippen LogP contribution is -2.38. The molecule has 6 rings (SSSR count). The molecule has 0 radical (unpaired) electrons. The van der Waals surface area contributed by atoms with Gasteiger partial charge in [-0.3, -0.25) is 9.59 Å². The number of aliphatic hydroxyl groups is 1. The standard InChI is InChI=1S/C38H40N4O10S/c1-48-29-11-13-30(14-12-29)53(46,47)42(16-18-43)17-19-49-36-22-28(27-10-15-33-34(20-27)51-24-50-33)21-35(52-36)38(45)40-23-25-6-8-26(9-7-25)37(44)41-32-5-3-2-4-31(32)39/h2-15,20-21,28,36,43H,16-19,22-24,39H2,1H3,(H,40,45)(H,41,44)/t28-,36+/m0/s1. The van der Waals surface area contributed by atoms with E-state index >= 15 is 0 Å². The molecule has 2 amide bonds. The Labute approximate surface area is 307 Å². The minimum atomic E-state index is -3.96. The van der Waals surface area contributed by atoms with E-state index in [4.69, 9.17) is 29.4 Å². The molecule has 278 valence electrons. The molecule has 0 unspecified atom stereocenters. The van der Waals surface area contributed by atoms with Crippen LogP contribution in [0.1, 0.15) is 33.8 Å². The first-order valence-corrected chi connectivity index (χ1v) is 18.3. The second-order valence-corrected chi connectivity index (χ2v) is 14.1.